The Kier molecular flexibility index (Phi) is 6.83. The number of urea groups is 1. The zero-order chi connectivity index (χ0) is 15.2. The molecule has 19 heavy (non-hydrogen) atoms. The maximum atomic E-state index is 12.0. The van der Waals surface area contributed by atoms with Crippen LogP contribution in [0, 0.1) is 5.92 Å². The molecule has 0 saturated heterocycles. The van der Waals surface area contributed by atoms with Gasteiger partial charge < -0.3 is 20.4 Å². The van der Waals surface area contributed by atoms with E-state index in [2.05, 4.69) is 5.32 Å². The molecule has 0 aromatic heterocycles. The summed E-state index contributed by atoms with van der Waals surface area (Å²) in [7, 11) is 0. The number of hydrogen-bond acceptors (Lipinski definition) is 3. The molecule has 0 aliphatic rings. The van der Waals surface area contributed by atoms with Gasteiger partial charge in [0.1, 0.15) is 6.04 Å². The average Bonchev–Trinajstić information content (AvgIpc) is 2.30. The number of nitrogens with one attached hydrogen (secondary N) is 1. The Bertz CT molecular complexity index is 312. The van der Waals surface area contributed by atoms with Crippen molar-refractivity contribution in [1.82, 2.24) is 10.2 Å². The lowest BCUT2D eigenvalue weighted by Gasteiger charge is -2.30. The van der Waals surface area contributed by atoms with Crippen LogP contribution in [-0.2, 0) is 4.79 Å². The maximum Gasteiger partial charge on any atom is 0.326 e. The van der Waals surface area contributed by atoms with Crippen LogP contribution in [-0.4, -0.2) is 51.8 Å². The average molecular weight is 274 g/mol. The summed E-state index contributed by atoms with van der Waals surface area (Å²) in [5.74, 6) is -1.19. The normalized spacial score (nSPS) is 14.6. The first kappa shape index (κ1) is 17.7. The Morgan fingerprint density at radius 2 is 1.84 bits per heavy atom. The van der Waals surface area contributed by atoms with Crippen molar-refractivity contribution in [2.45, 2.75) is 52.7 Å². The molecule has 0 aromatic rings. The number of carbonyl (C=O) groups excluding carboxylic acids is 1. The number of carboxylic acids is 1. The van der Waals surface area contributed by atoms with Crippen molar-refractivity contribution >= 4 is 12.0 Å². The molecule has 0 fully saturated rings. The van der Waals surface area contributed by atoms with Gasteiger partial charge >= 0.3 is 12.0 Å². The molecule has 0 aliphatic carbocycles. The van der Waals surface area contributed by atoms with Crippen LogP contribution in [0.4, 0.5) is 4.79 Å². The van der Waals surface area contributed by atoms with Gasteiger partial charge in [-0.1, -0.05) is 20.3 Å². The molecule has 6 nitrogen and oxygen atoms in total. The van der Waals surface area contributed by atoms with Gasteiger partial charge in [0, 0.05) is 6.54 Å². The van der Waals surface area contributed by atoms with Crippen molar-refractivity contribution < 1.29 is 19.8 Å². The van der Waals surface area contributed by atoms with Crippen molar-refractivity contribution in [3.63, 3.8) is 0 Å². The number of carboxylic acid groups (broad SMARTS) is 1. The van der Waals surface area contributed by atoms with Gasteiger partial charge in [-0.05, 0) is 26.7 Å². The van der Waals surface area contributed by atoms with Crippen LogP contribution < -0.4 is 5.32 Å². The summed E-state index contributed by atoms with van der Waals surface area (Å²) in [5.41, 5.74) is -1.01. The number of aliphatic carboxylic acids is 1. The molecule has 3 N–H and O–H groups in total. The van der Waals surface area contributed by atoms with Crippen molar-refractivity contribution in [2.24, 2.45) is 5.92 Å². The van der Waals surface area contributed by atoms with Crippen molar-refractivity contribution in [2.75, 3.05) is 13.1 Å². The molecule has 112 valence electrons. The van der Waals surface area contributed by atoms with E-state index in [9.17, 15) is 14.7 Å². The minimum atomic E-state index is -1.04. The number of rotatable bonds is 7. The van der Waals surface area contributed by atoms with Gasteiger partial charge in [0.15, 0.2) is 0 Å². The number of carbonyl (C=O) groups is 2. The van der Waals surface area contributed by atoms with E-state index in [0.717, 1.165) is 0 Å². The molecule has 0 aliphatic heterocycles. The van der Waals surface area contributed by atoms with E-state index in [4.69, 9.17) is 5.11 Å². The molecule has 0 rings (SSSR count). The standard InChI is InChI=1S/C13H26N2O4/c1-6-9(3)10(11(16)17)14-12(18)15(7-2)8-13(4,5)19/h9-10,19H,6-8H2,1-5H3,(H,14,18)(H,16,17). The van der Waals surface area contributed by atoms with E-state index in [1.165, 1.54) is 4.90 Å². The van der Waals surface area contributed by atoms with Gasteiger partial charge in [-0.15, -0.1) is 0 Å². The monoisotopic (exact) mass is 274 g/mol. The predicted molar refractivity (Wildman–Crippen MR) is 73.0 cm³/mol. The van der Waals surface area contributed by atoms with Gasteiger partial charge in [-0.3, -0.25) is 0 Å². The zero-order valence-electron chi connectivity index (χ0n) is 12.4. The molecule has 2 atom stereocenters. The highest BCUT2D eigenvalue weighted by Gasteiger charge is 2.28. The van der Waals surface area contributed by atoms with Crippen LogP contribution in [0.25, 0.3) is 0 Å². The predicted octanol–water partition coefficient (Wildman–Crippen LogP) is 1.29. The van der Waals surface area contributed by atoms with Crippen LogP contribution in [0.3, 0.4) is 0 Å². The Morgan fingerprint density at radius 1 is 1.32 bits per heavy atom. The summed E-state index contributed by atoms with van der Waals surface area (Å²) in [4.78, 5) is 24.6. The highest BCUT2D eigenvalue weighted by atomic mass is 16.4. The van der Waals surface area contributed by atoms with E-state index in [1.807, 2.05) is 6.92 Å². The third kappa shape index (κ3) is 6.42. The number of aliphatic hydroxyl groups is 1. The van der Waals surface area contributed by atoms with Crippen LogP contribution in [0.1, 0.15) is 41.0 Å². The van der Waals surface area contributed by atoms with Gasteiger partial charge in [0.25, 0.3) is 0 Å². The Hall–Kier alpha value is -1.30. The number of amides is 2. The molecule has 0 spiro atoms. The number of hydrogen-bond donors (Lipinski definition) is 3. The van der Waals surface area contributed by atoms with Crippen molar-refractivity contribution in [1.29, 1.82) is 0 Å². The lowest BCUT2D eigenvalue weighted by atomic mass is 9.99. The van der Waals surface area contributed by atoms with E-state index in [0.29, 0.717) is 13.0 Å². The topological polar surface area (TPSA) is 89.9 Å². The highest BCUT2D eigenvalue weighted by molar-refractivity contribution is 5.82. The third-order valence-electron chi connectivity index (χ3n) is 3.00. The summed E-state index contributed by atoms with van der Waals surface area (Å²) in [6.45, 7) is 9.21. The molecule has 6 heteroatoms. The molecule has 0 aromatic carbocycles. The van der Waals surface area contributed by atoms with Crippen LogP contribution in [0.2, 0.25) is 0 Å². The van der Waals surface area contributed by atoms with Crippen molar-refractivity contribution in [3.05, 3.63) is 0 Å². The van der Waals surface area contributed by atoms with E-state index in [1.54, 1.807) is 27.7 Å². The largest absolute Gasteiger partial charge is 0.480 e. The summed E-state index contributed by atoms with van der Waals surface area (Å²) in [6, 6.07) is -1.37. The number of likely N-dealkylation sites (N-methyl/N-ethyl adjacent to an activating group) is 1. The van der Waals surface area contributed by atoms with Gasteiger partial charge in [-0.2, -0.15) is 0 Å². The molecule has 2 amide bonds. The smallest absolute Gasteiger partial charge is 0.326 e. The summed E-state index contributed by atoms with van der Waals surface area (Å²) in [6.07, 6.45) is 0.662. The summed E-state index contributed by atoms with van der Waals surface area (Å²) >= 11 is 0. The Morgan fingerprint density at radius 3 is 2.16 bits per heavy atom. The fourth-order valence-electron chi connectivity index (χ4n) is 1.70. The first-order valence-electron chi connectivity index (χ1n) is 6.63. The quantitative estimate of drug-likeness (QED) is 0.652. The fraction of sp³-hybridized carbons (Fsp3) is 0.846. The van der Waals surface area contributed by atoms with E-state index in [-0.39, 0.29) is 12.5 Å². The molecule has 2 unspecified atom stereocenters. The van der Waals surface area contributed by atoms with Crippen LogP contribution in [0.15, 0.2) is 0 Å². The second kappa shape index (κ2) is 7.33. The Labute approximate surface area is 114 Å². The minimum absolute atomic E-state index is 0.151. The summed E-state index contributed by atoms with van der Waals surface area (Å²) < 4.78 is 0. The highest BCUT2D eigenvalue weighted by Crippen LogP contribution is 2.10. The SMILES string of the molecule is CCC(C)C(NC(=O)N(CC)CC(C)(C)O)C(=O)O. The molecule has 0 radical (unpaired) electrons. The lowest BCUT2D eigenvalue weighted by molar-refractivity contribution is -0.140. The molecule has 0 saturated carbocycles. The zero-order valence-corrected chi connectivity index (χ0v) is 12.4. The Balaban J connectivity index is 4.74. The molecular formula is C13H26N2O4. The number of nitrogens with zero attached hydrogens (tertiary/aromatic N) is 1. The lowest BCUT2D eigenvalue weighted by Crippen LogP contribution is -2.53. The molecular weight excluding hydrogens is 248 g/mol. The maximum absolute atomic E-state index is 12.0. The first-order valence-corrected chi connectivity index (χ1v) is 6.63. The molecule has 0 heterocycles. The van der Waals surface area contributed by atoms with Crippen LogP contribution in [0.5, 0.6) is 0 Å². The third-order valence-corrected chi connectivity index (χ3v) is 3.00. The van der Waals surface area contributed by atoms with Crippen LogP contribution >= 0.6 is 0 Å². The second-order valence-electron chi connectivity index (χ2n) is 5.48. The second-order valence-corrected chi connectivity index (χ2v) is 5.48. The fourth-order valence-corrected chi connectivity index (χ4v) is 1.70. The van der Waals surface area contributed by atoms with E-state index >= 15 is 0 Å². The first-order chi connectivity index (χ1) is 8.62. The van der Waals surface area contributed by atoms with Gasteiger partial charge in [0.2, 0.25) is 0 Å². The van der Waals surface area contributed by atoms with Crippen molar-refractivity contribution in [3.8, 4) is 0 Å². The summed E-state index contributed by atoms with van der Waals surface area (Å²) in [5, 5.41) is 21.4. The molecule has 0 bridgehead atoms. The minimum Gasteiger partial charge on any atom is -0.480 e. The van der Waals surface area contributed by atoms with E-state index < -0.39 is 23.6 Å². The van der Waals surface area contributed by atoms with Gasteiger partial charge in [-0.25, -0.2) is 9.59 Å². The van der Waals surface area contributed by atoms with Gasteiger partial charge in [0.05, 0.1) is 12.1 Å².